The van der Waals surface area contributed by atoms with Crippen LogP contribution in [0.15, 0.2) is 24.9 Å². The van der Waals surface area contributed by atoms with Gasteiger partial charge in [0.05, 0.1) is 0 Å². The van der Waals surface area contributed by atoms with E-state index in [1.165, 1.54) is 6.08 Å². The summed E-state index contributed by atoms with van der Waals surface area (Å²) in [4.78, 5) is 13.3. The van der Waals surface area contributed by atoms with Crippen LogP contribution in [0.1, 0.15) is 12.5 Å². The van der Waals surface area contributed by atoms with Crippen molar-refractivity contribution in [3.63, 3.8) is 0 Å². The van der Waals surface area contributed by atoms with E-state index >= 15 is 0 Å². The summed E-state index contributed by atoms with van der Waals surface area (Å²) in [6.07, 6.45) is 11.5. The number of allylic oxidation sites excluding steroid dienone is 2. The van der Waals surface area contributed by atoms with Crippen LogP contribution in [0.4, 0.5) is 0 Å². The van der Waals surface area contributed by atoms with Gasteiger partial charge in [0.25, 0.3) is 0 Å². The minimum absolute atomic E-state index is 0.767. The largest absolute Gasteiger partial charge is 0.361 e. The number of rotatable bonds is 3. The Bertz CT molecular complexity index is 463. The fourth-order valence-corrected chi connectivity index (χ4v) is 1.33. The molecule has 0 amide bonds. The second-order valence-corrected chi connectivity index (χ2v) is 2.76. The van der Waals surface area contributed by atoms with Crippen LogP contribution in [0.25, 0.3) is 18.2 Å². The molecule has 0 bridgehead atoms. The lowest BCUT2D eigenvalue weighted by atomic mass is 10.2. The average Bonchev–Trinajstić information content (AvgIpc) is 2.58. The van der Waals surface area contributed by atoms with E-state index in [0.717, 1.165) is 22.4 Å². The van der Waals surface area contributed by atoms with Crippen LogP contribution in [-0.2, 0) is 4.79 Å². The van der Waals surface area contributed by atoms with Crippen molar-refractivity contribution in [3.05, 3.63) is 41.1 Å². The molecular weight excluding hydrogens is 174 g/mol. The minimum Gasteiger partial charge on any atom is -0.361 e. The molecular formula is C12H13NO. The minimum atomic E-state index is 0.767. The zero-order chi connectivity index (χ0) is 10.4. The van der Waals surface area contributed by atoms with E-state index in [1.807, 2.05) is 25.3 Å². The molecule has 0 aliphatic heterocycles. The molecule has 0 fully saturated rings. The highest BCUT2D eigenvalue weighted by molar-refractivity contribution is 5.74. The lowest BCUT2D eigenvalue weighted by molar-refractivity contribution is -0.104. The summed E-state index contributed by atoms with van der Waals surface area (Å²) in [5.41, 5.74) is 1.01. The topological polar surface area (TPSA) is 32.9 Å². The SMILES string of the molecule is C=C/C=c1/[nH]cc(/C=C/C=O)/c1=C/C. The Morgan fingerprint density at radius 1 is 1.50 bits per heavy atom. The van der Waals surface area contributed by atoms with Crippen molar-refractivity contribution in [2.45, 2.75) is 6.92 Å². The lowest BCUT2D eigenvalue weighted by Gasteiger charge is -1.82. The Kier molecular flexibility index (Phi) is 3.68. The number of nitrogens with one attached hydrogen (secondary N) is 1. The van der Waals surface area contributed by atoms with Gasteiger partial charge in [-0.25, -0.2) is 0 Å². The van der Waals surface area contributed by atoms with Gasteiger partial charge in [0.2, 0.25) is 0 Å². The lowest BCUT2D eigenvalue weighted by Crippen LogP contribution is -2.23. The molecule has 0 radical (unpaired) electrons. The second kappa shape index (κ2) is 5.02. The maximum absolute atomic E-state index is 10.2. The van der Waals surface area contributed by atoms with Crippen molar-refractivity contribution in [3.8, 4) is 0 Å². The molecule has 1 N–H and O–H groups in total. The average molecular weight is 187 g/mol. The number of carbonyl (C=O) groups excluding carboxylic acids is 1. The van der Waals surface area contributed by atoms with Gasteiger partial charge in [-0.05, 0) is 30.7 Å². The summed E-state index contributed by atoms with van der Waals surface area (Å²) in [7, 11) is 0. The van der Waals surface area contributed by atoms with E-state index in [2.05, 4.69) is 11.6 Å². The predicted octanol–water partition coefficient (Wildman–Crippen LogP) is 0.994. The first kappa shape index (κ1) is 10.3. The molecule has 0 atom stereocenters. The van der Waals surface area contributed by atoms with E-state index in [4.69, 9.17) is 0 Å². The van der Waals surface area contributed by atoms with Crippen LogP contribution in [0.2, 0.25) is 0 Å². The standard InChI is InChI=1S/C12H13NO/c1-3-6-12-11(4-2)10(9-13-12)7-5-8-14/h3-9,13H,1H2,2H3/b7-5+,11-4-,12-6+. The fourth-order valence-electron chi connectivity index (χ4n) is 1.33. The first-order valence-electron chi connectivity index (χ1n) is 4.41. The molecule has 14 heavy (non-hydrogen) atoms. The number of hydrogen-bond donors (Lipinski definition) is 1. The number of aromatic amines is 1. The van der Waals surface area contributed by atoms with Crippen LogP contribution in [0.5, 0.6) is 0 Å². The Morgan fingerprint density at radius 2 is 2.29 bits per heavy atom. The van der Waals surface area contributed by atoms with Crippen molar-refractivity contribution in [1.82, 2.24) is 4.98 Å². The van der Waals surface area contributed by atoms with Gasteiger partial charge < -0.3 is 4.98 Å². The summed E-state index contributed by atoms with van der Waals surface area (Å²) in [6.45, 7) is 5.60. The molecule has 2 heteroatoms. The van der Waals surface area contributed by atoms with E-state index in [9.17, 15) is 4.79 Å². The maximum Gasteiger partial charge on any atom is 0.142 e. The molecule has 0 spiro atoms. The number of aromatic nitrogens is 1. The van der Waals surface area contributed by atoms with Crippen LogP contribution in [-0.4, -0.2) is 11.3 Å². The molecule has 1 aromatic rings. The van der Waals surface area contributed by atoms with E-state index in [1.54, 1.807) is 12.2 Å². The van der Waals surface area contributed by atoms with Gasteiger partial charge in [0.15, 0.2) is 0 Å². The van der Waals surface area contributed by atoms with Crippen LogP contribution < -0.4 is 10.6 Å². The number of carbonyl (C=O) groups is 1. The highest BCUT2D eigenvalue weighted by Crippen LogP contribution is 1.89. The molecule has 72 valence electrons. The summed E-state index contributed by atoms with van der Waals surface area (Å²) < 4.78 is 0. The zero-order valence-electron chi connectivity index (χ0n) is 8.16. The molecule has 0 aliphatic carbocycles. The Hall–Kier alpha value is -1.83. The second-order valence-electron chi connectivity index (χ2n) is 2.76. The highest BCUT2D eigenvalue weighted by Gasteiger charge is 1.92. The first-order chi connectivity index (χ1) is 6.83. The fraction of sp³-hybridized carbons (Fsp3) is 0.0833. The highest BCUT2D eigenvalue weighted by atomic mass is 16.1. The van der Waals surface area contributed by atoms with Crippen molar-refractivity contribution in [2.75, 3.05) is 0 Å². The summed E-state index contributed by atoms with van der Waals surface area (Å²) in [5.74, 6) is 0. The van der Waals surface area contributed by atoms with Crippen molar-refractivity contribution in [2.24, 2.45) is 0 Å². The van der Waals surface area contributed by atoms with Gasteiger partial charge >= 0.3 is 0 Å². The first-order valence-corrected chi connectivity index (χ1v) is 4.41. The van der Waals surface area contributed by atoms with Crippen LogP contribution in [0.3, 0.4) is 0 Å². The third-order valence-electron chi connectivity index (χ3n) is 1.91. The molecule has 0 aromatic carbocycles. The summed E-state index contributed by atoms with van der Waals surface area (Å²) in [5, 5.41) is 2.09. The molecule has 0 saturated heterocycles. The maximum atomic E-state index is 10.2. The van der Waals surface area contributed by atoms with Gasteiger partial charge in [-0.15, -0.1) is 0 Å². The monoisotopic (exact) mass is 187 g/mol. The number of hydrogen-bond acceptors (Lipinski definition) is 1. The molecule has 0 unspecified atom stereocenters. The van der Waals surface area contributed by atoms with E-state index < -0.39 is 0 Å². The van der Waals surface area contributed by atoms with Gasteiger partial charge in [-0.3, -0.25) is 4.79 Å². The van der Waals surface area contributed by atoms with E-state index in [-0.39, 0.29) is 0 Å². The van der Waals surface area contributed by atoms with Crippen LogP contribution in [0, 0.1) is 0 Å². The Balaban J connectivity index is 3.36. The van der Waals surface area contributed by atoms with Crippen molar-refractivity contribution in [1.29, 1.82) is 0 Å². The van der Waals surface area contributed by atoms with Gasteiger partial charge in [0.1, 0.15) is 6.29 Å². The normalized spacial score (nSPS) is 13.8. The van der Waals surface area contributed by atoms with Crippen molar-refractivity contribution >= 4 is 24.5 Å². The van der Waals surface area contributed by atoms with Gasteiger partial charge in [-0.2, -0.15) is 0 Å². The zero-order valence-corrected chi connectivity index (χ0v) is 8.16. The predicted molar refractivity (Wildman–Crippen MR) is 59.9 cm³/mol. The van der Waals surface area contributed by atoms with Gasteiger partial charge in [0, 0.05) is 16.8 Å². The van der Waals surface area contributed by atoms with Gasteiger partial charge in [-0.1, -0.05) is 18.7 Å². The van der Waals surface area contributed by atoms with Crippen LogP contribution >= 0.6 is 0 Å². The summed E-state index contributed by atoms with van der Waals surface area (Å²) in [6, 6.07) is 0. The van der Waals surface area contributed by atoms with Crippen molar-refractivity contribution < 1.29 is 4.79 Å². The third kappa shape index (κ3) is 2.10. The Morgan fingerprint density at radius 3 is 2.86 bits per heavy atom. The summed E-state index contributed by atoms with van der Waals surface area (Å²) >= 11 is 0. The smallest absolute Gasteiger partial charge is 0.142 e. The Labute approximate surface area is 83.0 Å². The molecule has 1 aromatic heterocycles. The molecule has 0 saturated carbocycles. The van der Waals surface area contributed by atoms with E-state index in [0.29, 0.717) is 0 Å². The molecule has 0 aliphatic rings. The number of H-pyrrole nitrogens is 1. The number of aldehydes is 1. The molecule has 1 heterocycles. The molecule has 1 rings (SSSR count). The third-order valence-corrected chi connectivity index (χ3v) is 1.91. The molecule has 2 nitrogen and oxygen atoms in total. The quantitative estimate of drug-likeness (QED) is 0.555.